The molecule has 0 aromatic carbocycles. The zero-order valence-corrected chi connectivity index (χ0v) is 12.7. The topological polar surface area (TPSA) is 42.7 Å². The molecule has 1 heterocycles. The maximum Gasteiger partial charge on any atom is 0.146 e. The average Bonchev–Trinajstić information content (AvgIpc) is 3.05. The molecule has 0 amide bonds. The quantitative estimate of drug-likeness (QED) is 0.869. The van der Waals surface area contributed by atoms with Gasteiger partial charge < -0.3 is 9.88 Å². The van der Waals surface area contributed by atoms with Gasteiger partial charge in [-0.2, -0.15) is 11.8 Å². The molecule has 0 saturated heterocycles. The molecule has 0 unspecified atom stereocenters. The summed E-state index contributed by atoms with van der Waals surface area (Å²) in [5.74, 6) is 4.18. The number of aromatic nitrogens is 3. The Morgan fingerprint density at radius 1 is 1.26 bits per heavy atom. The molecular weight excluding hydrogens is 256 g/mol. The molecule has 5 heteroatoms. The maximum atomic E-state index is 4.35. The summed E-state index contributed by atoms with van der Waals surface area (Å²) in [6.07, 6.45) is 6.61. The summed E-state index contributed by atoms with van der Waals surface area (Å²) in [7, 11) is 2.11. The van der Waals surface area contributed by atoms with Gasteiger partial charge in [0.15, 0.2) is 0 Å². The Morgan fingerprint density at radius 3 is 2.84 bits per heavy atom. The molecular formula is C14H24N4S. The molecule has 0 aliphatic heterocycles. The lowest BCUT2D eigenvalue weighted by Crippen LogP contribution is -2.34. The van der Waals surface area contributed by atoms with E-state index in [1.54, 1.807) is 0 Å². The summed E-state index contributed by atoms with van der Waals surface area (Å²) in [6.45, 7) is 3.12. The fourth-order valence-corrected chi connectivity index (χ4v) is 4.25. The van der Waals surface area contributed by atoms with Crippen LogP contribution in [0.4, 0.5) is 0 Å². The number of rotatable bonds is 6. The second-order valence-electron chi connectivity index (χ2n) is 5.72. The van der Waals surface area contributed by atoms with E-state index in [2.05, 4.69) is 45.8 Å². The summed E-state index contributed by atoms with van der Waals surface area (Å²) in [6, 6.07) is 0.658. The molecule has 4 nitrogen and oxygen atoms in total. The first-order valence-corrected chi connectivity index (χ1v) is 8.57. The zero-order valence-electron chi connectivity index (χ0n) is 11.9. The van der Waals surface area contributed by atoms with E-state index in [4.69, 9.17) is 0 Å². The van der Waals surface area contributed by atoms with Crippen LogP contribution in [0, 0.1) is 0 Å². The van der Waals surface area contributed by atoms with E-state index in [9.17, 15) is 0 Å². The summed E-state index contributed by atoms with van der Waals surface area (Å²) >= 11 is 2.10. The van der Waals surface area contributed by atoms with Crippen molar-refractivity contribution in [1.29, 1.82) is 0 Å². The summed E-state index contributed by atoms with van der Waals surface area (Å²) in [5, 5.41) is 13.2. The molecule has 3 rings (SSSR count). The van der Waals surface area contributed by atoms with Crippen LogP contribution in [0.3, 0.4) is 0 Å². The highest BCUT2D eigenvalue weighted by molar-refractivity contribution is 7.99. The van der Waals surface area contributed by atoms with Crippen LogP contribution in [0.15, 0.2) is 0 Å². The van der Waals surface area contributed by atoms with Crippen molar-refractivity contribution in [2.24, 2.45) is 7.05 Å². The highest BCUT2D eigenvalue weighted by Crippen LogP contribution is 2.38. The minimum absolute atomic E-state index is 0.658. The van der Waals surface area contributed by atoms with Crippen LogP contribution in [-0.2, 0) is 13.6 Å². The number of hydrogen-bond donors (Lipinski definition) is 1. The Kier molecular flexibility index (Phi) is 4.12. The lowest BCUT2D eigenvalue weighted by atomic mass is 10.2. The Hall–Kier alpha value is -0.550. The molecule has 2 aliphatic rings. The number of nitrogens with one attached hydrogen (secondary N) is 1. The third-order valence-electron chi connectivity index (χ3n) is 4.30. The maximum absolute atomic E-state index is 4.35. The van der Waals surface area contributed by atoms with Gasteiger partial charge in [0.2, 0.25) is 0 Å². The van der Waals surface area contributed by atoms with Crippen LogP contribution >= 0.6 is 11.8 Å². The van der Waals surface area contributed by atoms with Crippen LogP contribution in [-0.4, -0.2) is 31.8 Å². The molecule has 0 radical (unpaired) electrons. The van der Waals surface area contributed by atoms with E-state index in [0.717, 1.165) is 17.6 Å². The minimum atomic E-state index is 0.658. The Morgan fingerprint density at radius 2 is 2.11 bits per heavy atom. The molecule has 0 spiro atoms. The van der Waals surface area contributed by atoms with Gasteiger partial charge in [-0.25, -0.2) is 0 Å². The van der Waals surface area contributed by atoms with Gasteiger partial charge >= 0.3 is 0 Å². The summed E-state index contributed by atoms with van der Waals surface area (Å²) in [5.41, 5.74) is 0. The lowest BCUT2D eigenvalue weighted by Gasteiger charge is -2.19. The van der Waals surface area contributed by atoms with E-state index < -0.39 is 0 Å². The van der Waals surface area contributed by atoms with E-state index in [0.29, 0.717) is 12.0 Å². The van der Waals surface area contributed by atoms with Gasteiger partial charge in [0.1, 0.15) is 11.6 Å². The SMILES string of the molecule is CCS[C@H]1CCC[C@@H]1NCc1nnc(C2CC2)n1C. The molecule has 19 heavy (non-hydrogen) atoms. The van der Waals surface area contributed by atoms with Crippen molar-refractivity contribution >= 4 is 11.8 Å². The van der Waals surface area contributed by atoms with E-state index in [1.807, 2.05) is 0 Å². The predicted molar refractivity (Wildman–Crippen MR) is 79.4 cm³/mol. The standard InChI is InChI=1S/C14H24N4S/c1-3-19-12-6-4-5-11(12)15-9-13-16-17-14(18(13)2)10-7-8-10/h10-12,15H,3-9H2,1-2H3/t11-,12-/m0/s1. The Balaban J connectivity index is 1.56. The third kappa shape index (κ3) is 2.97. The largest absolute Gasteiger partial charge is 0.317 e. The Bertz CT molecular complexity index is 427. The van der Waals surface area contributed by atoms with E-state index in [-0.39, 0.29) is 0 Å². The average molecular weight is 280 g/mol. The van der Waals surface area contributed by atoms with Gasteiger partial charge in [0, 0.05) is 24.3 Å². The van der Waals surface area contributed by atoms with Crippen molar-refractivity contribution in [3.05, 3.63) is 11.6 Å². The van der Waals surface area contributed by atoms with Gasteiger partial charge in [0.05, 0.1) is 6.54 Å². The molecule has 0 bridgehead atoms. The second-order valence-corrected chi connectivity index (χ2v) is 7.24. The number of thioether (sulfide) groups is 1. The van der Waals surface area contributed by atoms with Crippen LogP contribution in [0.1, 0.15) is 56.6 Å². The van der Waals surface area contributed by atoms with Crippen LogP contribution in [0.25, 0.3) is 0 Å². The lowest BCUT2D eigenvalue weighted by molar-refractivity contribution is 0.512. The highest BCUT2D eigenvalue weighted by Gasteiger charge is 2.30. The molecule has 106 valence electrons. The first-order valence-electron chi connectivity index (χ1n) is 7.52. The van der Waals surface area contributed by atoms with Crippen LogP contribution in [0.2, 0.25) is 0 Å². The van der Waals surface area contributed by atoms with Crippen molar-refractivity contribution in [1.82, 2.24) is 20.1 Å². The summed E-state index contributed by atoms with van der Waals surface area (Å²) in [4.78, 5) is 0. The first kappa shape index (κ1) is 13.4. The second kappa shape index (κ2) is 5.83. The van der Waals surface area contributed by atoms with Gasteiger partial charge in [-0.15, -0.1) is 10.2 Å². The Labute approximate surface area is 119 Å². The predicted octanol–water partition coefficient (Wildman–Crippen LogP) is 2.46. The fraction of sp³-hybridized carbons (Fsp3) is 0.857. The molecule has 1 aromatic heterocycles. The minimum Gasteiger partial charge on any atom is -0.317 e. The van der Waals surface area contributed by atoms with Crippen LogP contribution in [0.5, 0.6) is 0 Å². The third-order valence-corrected chi connectivity index (χ3v) is 5.62. The zero-order chi connectivity index (χ0) is 13.2. The first-order chi connectivity index (χ1) is 9.29. The molecule has 2 atom stereocenters. The van der Waals surface area contributed by atoms with Gasteiger partial charge in [-0.1, -0.05) is 13.3 Å². The molecule has 2 aliphatic carbocycles. The van der Waals surface area contributed by atoms with Gasteiger partial charge in [-0.3, -0.25) is 0 Å². The van der Waals surface area contributed by atoms with Crippen molar-refractivity contribution < 1.29 is 0 Å². The molecule has 1 N–H and O–H groups in total. The monoisotopic (exact) mass is 280 g/mol. The highest BCUT2D eigenvalue weighted by atomic mass is 32.2. The molecule has 2 fully saturated rings. The normalized spacial score (nSPS) is 27.1. The van der Waals surface area contributed by atoms with Crippen molar-refractivity contribution in [3.8, 4) is 0 Å². The van der Waals surface area contributed by atoms with Gasteiger partial charge in [-0.05, 0) is 31.4 Å². The van der Waals surface area contributed by atoms with Crippen molar-refractivity contribution in [3.63, 3.8) is 0 Å². The van der Waals surface area contributed by atoms with Crippen molar-refractivity contribution in [2.75, 3.05) is 5.75 Å². The molecule has 2 saturated carbocycles. The number of nitrogens with zero attached hydrogens (tertiary/aromatic N) is 3. The smallest absolute Gasteiger partial charge is 0.146 e. The van der Waals surface area contributed by atoms with E-state index >= 15 is 0 Å². The fourth-order valence-electron chi connectivity index (χ4n) is 3.02. The van der Waals surface area contributed by atoms with Gasteiger partial charge in [0.25, 0.3) is 0 Å². The summed E-state index contributed by atoms with van der Waals surface area (Å²) < 4.78 is 2.20. The van der Waals surface area contributed by atoms with Crippen molar-refractivity contribution in [2.45, 2.75) is 62.8 Å². The van der Waals surface area contributed by atoms with E-state index in [1.165, 1.54) is 43.7 Å². The van der Waals surface area contributed by atoms with Crippen LogP contribution < -0.4 is 5.32 Å². The molecule has 1 aromatic rings. The number of hydrogen-bond acceptors (Lipinski definition) is 4.